The van der Waals surface area contributed by atoms with Crippen molar-refractivity contribution in [3.05, 3.63) is 41.7 Å². The molecule has 3 rings (SSSR count). The Morgan fingerprint density at radius 1 is 1.13 bits per heavy atom. The van der Waals surface area contributed by atoms with E-state index in [0.717, 1.165) is 18.9 Å². The molecule has 1 fully saturated rings. The lowest BCUT2D eigenvalue weighted by atomic mass is 10.2. The first kappa shape index (κ1) is 15.2. The zero-order chi connectivity index (χ0) is 16.2. The number of pyridine rings is 1. The number of amides is 1. The van der Waals surface area contributed by atoms with Crippen LogP contribution in [0.2, 0.25) is 0 Å². The summed E-state index contributed by atoms with van der Waals surface area (Å²) >= 11 is 0. The molecular formula is C16H19N5O2. The molecule has 0 spiro atoms. The van der Waals surface area contributed by atoms with Gasteiger partial charge in [-0.3, -0.25) is 4.79 Å². The molecule has 0 bridgehead atoms. The summed E-state index contributed by atoms with van der Waals surface area (Å²) in [7, 11) is 1.52. The average molecular weight is 313 g/mol. The zero-order valence-electron chi connectivity index (χ0n) is 13.3. The van der Waals surface area contributed by atoms with Crippen molar-refractivity contribution in [2.75, 3.05) is 38.2 Å². The number of aryl methyl sites for hydroxylation is 1. The lowest BCUT2D eigenvalue weighted by Crippen LogP contribution is -2.49. The van der Waals surface area contributed by atoms with Gasteiger partial charge in [-0.25, -0.2) is 4.98 Å². The molecule has 0 saturated carbocycles. The van der Waals surface area contributed by atoms with Gasteiger partial charge in [0.15, 0.2) is 5.69 Å². The van der Waals surface area contributed by atoms with Gasteiger partial charge in [-0.15, -0.1) is 10.2 Å². The van der Waals surface area contributed by atoms with Crippen LogP contribution in [0.25, 0.3) is 0 Å². The van der Waals surface area contributed by atoms with Gasteiger partial charge in [-0.2, -0.15) is 0 Å². The SMILES string of the molecule is COc1ccc(C(=O)N2CCN(c3cc(C)ccn3)CC2)nn1. The first-order valence-electron chi connectivity index (χ1n) is 7.52. The van der Waals surface area contributed by atoms with Crippen LogP contribution >= 0.6 is 0 Å². The summed E-state index contributed by atoms with van der Waals surface area (Å²) < 4.78 is 4.95. The number of nitrogens with zero attached hydrogens (tertiary/aromatic N) is 5. The molecule has 0 aliphatic carbocycles. The predicted octanol–water partition coefficient (Wildman–Crippen LogP) is 1.15. The molecule has 2 aromatic heterocycles. The monoisotopic (exact) mass is 313 g/mol. The fraction of sp³-hybridized carbons (Fsp3) is 0.375. The molecule has 2 aromatic rings. The van der Waals surface area contributed by atoms with Crippen molar-refractivity contribution in [2.24, 2.45) is 0 Å². The first-order chi connectivity index (χ1) is 11.2. The third-order valence-corrected chi connectivity index (χ3v) is 3.86. The number of carbonyl (C=O) groups is 1. The summed E-state index contributed by atoms with van der Waals surface area (Å²) in [5, 5.41) is 7.77. The van der Waals surface area contributed by atoms with E-state index in [1.165, 1.54) is 12.7 Å². The van der Waals surface area contributed by atoms with E-state index in [-0.39, 0.29) is 5.91 Å². The largest absolute Gasteiger partial charge is 0.480 e. The van der Waals surface area contributed by atoms with Crippen LogP contribution < -0.4 is 9.64 Å². The zero-order valence-corrected chi connectivity index (χ0v) is 13.3. The summed E-state index contributed by atoms with van der Waals surface area (Å²) in [4.78, 5) is 20.8. The number of hydrogen-bond donors (Lipinski definition) is 0. The fourth-order valence-electron chi connectivity index (χ4n) is 2.54. The molecule has 0 atom stereocenters. The number of anilines is 1. The van der Waals surface area contributed by atoms with E-state index in [2.05, 4.69) is 26.1 Å². The number of carbonyl (C=O) groups excluding carboxylic acids is 1. The highest BCUT2D eigenvalue weighted by molar-refractivity contribution is 5.92. The lowest BCUT2D eigenvalue weighted by Gasteiger charge is -2.35. The molecule has 7 nitrogen and oxygen atoms in total. The maximum atomic E-state index is 12.4. The maximum absolute atomic E-state index is 12.4. The standard InChI is InChI=1S/C16H19N5O2/c1-12-5-6-17-14(11-12)20-7-9-21(10-8-20)16(22)13-3-4-15(23-2)19-18-13/h3-6,11H,7-10H2,1-2H3. The van der Waals surface area contributed by atoms with Crippen molar-refractivity contribution in [1.82, 2.24) is 20.1 Å². The number of ether oxygens (including phenoxy) is 1. The van der Waals surface area contributed by atoms with Gasteiger partial charge in [0.1, 0.15) is 5.82 Å². The van der Waals surface area contributed by atoms with Gasteiger partial charge in [0, 0.05) is 38.4 Å². The minimum absolute atomic E-state index is 0.1000. The molecule has 3 heterocycles. The first-order valence-corrected chi connectivity index (χ1v) is 7.52. The van der Waals surface area contributed by atoms with Crippen LogP contribution in [0.4, 0.5) is 5.82 Å². The van der Waals surface area contributed by atoms with Gasteiger partial charge < -0.3 is 14.5 Å². The molecule has 0 unspecified atom stereocenters. The number of methoxy groups -OCH3 is 1. The van der Waals surface area contributed by atoms with Crippen LogP contribution in [0.5, 0.6) is 5.88 Å². The van der Waals surface area contributed by atoms with Gasteiger partial charge >= 0.3 is 0 Å². The van der Waals surface area contributed by atoms with Crippen molar-refractivity contribution >= 4 is 11.7 Å². The number of rotatable bonds is 3. The highest BCUT2D eigenvalue weighted by Gasteiger charge is 2.24. The molecule has 0 aromatic carbocycles. The lowest BCUT2D eigenvalue weighted by molar-refractivity contribution is 0.0739. The fourth-order valence-corrected chi connectivity index (χ4v) is 2.54. The average Bonchev–Trinajstić information content (AvgIpc) is 2.61. The quantitative estimate of drug-likeness (QED) is 0.846. The van der Waals surface area contributed by atoms with Crippen LogP contribution in [0, 0.1) is 6.92 Å². The van der Waals surface area contributed by atoms with Crippen molar-refractivity contribution in [2.45, 2.75) is 6.92 Å². The summed E-state index contributed by atoms with van der Waals surface area (Å²) in [6, 6.07) is 7.33. The third-order valence-electron chi connectivity index (χ3n) is 3.86. The van der Waals surface area contributed by atoms with Gasteiger partial charge in [-0.1, -0.05) is 0 Å². The maximum Gasteiger partial charge on any atom is 0.274 e. The topological polar surface area (TPSA) is 71.5 Å². The van der Waals surface area contributed by atoms with Crippen LogP contribution in [-0.4, -0.2) is 59.3 Å². The van der Waals surface area contributed by atoms with Gasteiger partial charge in [0.05, 0.1) is 7.11 Å². The second-order valence-electron chi connectivity index (χ2n) is 5.43. The Hall–Kier alpha value is -2.70. The molecule has 1 aliphatic heterocycles. The number of hydrogen-bond acceptors (Lipinski definition) is 6. The van der Waals surface area contributed by atoms with Crippen LogP contribution in [-0.2, 0) is 0 Å². The molecule has 1 aliphatic rings. The van der Waals surface area contributed by atoms with Crippen molar-refractivity contribution in [3.8, 4) is 5.88 Å². The number of piperazine rings is 1. The Morgan fingerprint density at radius 3 is 2.52 bits per heavy atom. The van der Waals surface area contributed by atoms with E-state index >= 15 is 0 Å². The highest BCUT2D eigenvalue weighted by Crippen LogP contribution is 2.16. The Kier molecular flexibility index (Phi) is 4.36. The minimum Gasteiger partial charge on any atom is -0.480 e. The Labute approximate surface area is 134 Å². The number of aromatic nitrogens is 3. The second kappa shape index (κ2) is 6.60. The normalized spacial score (nSPS) is 14.7. The molecular weight excluding hydrogens is 294 g/mol. The van der Waals surface area contributed by atoms with Gasteiger partial charge in [0.2, 0.25) is 5.88 Å². The Morgan fingerprint density at radius 2 is 1.91 bits per heavy atom. The summed E-state index contributed by atoms with van der Waals surface area (Å²) in [6.45, 7) is 4.84. The van der Waals surface area contributed by atoms with Crippen molar-refractivity contribution in [3.63, 3.8) is 0 Å². The van der Waals surface area contributed by atoms with E-state index < -0.39 is 0 Å². The van der Waals surface area contributed by atoms with Crippen molar-refractivity contribution < 1.29 is 9.53 Å². The predicted molar refractivity (Wildman–Crippen MR) is 85.7 cm³/mol. The van der Waals surface area contributed by atoms with Gasteiger partial charge in [-0.05, 0) is 30.7 Å². The molecule has 7 heteroatoms. The highest BCUT2D eigenvalue weighted by atomic mass is 16.5. The second-order valence-corrected chi connectivity index (χ2v) is 5.43. The van der Waals surface area contributed by atoms with E-state index in [1.54, 1.807) is 17.0 Å². The third kappa shape index (κ3) is 3.39. The molecule has 120 valence electrons. The smallest absolute Gasteiger partial charge is 0.274 e. The van der Waals surface area contributed by atoms with Crippen LogP contribution in [0.1, 0.15) is 16.1 Å². The summed E-state index contributed by atoms with van der Waals surface area (Å²) in [6.07, 6.45) is 1.81. The molecule has 1 amide bonds. The van der Waals surface area contributed by atoms with Crippen LogP contribution in [0.15, 0.2) is 30.5 Å². The molecule has 0 N–H and O–H groups in total. The van der Waals surface area contributed by atoms with Gasteiger partial charge in [0.25, 0.3) is 5.91 Å². The summed E-state index contributed by atoms with van der Waals surface area (Å²) in [5.41, 5.74) is 1.52. The van der Waals surface area contributed by atoms with E-state index in [1.807, 2.05) is 19.2 Å². The van der Waals surface area contributed by atoms with E-state index in [4.69, 9.17) is 4.74 Å². The van der Waals surface area contributed by atoms with E-state index in [0.29, 0.717) is 24.7 Å². The summed E-state index contributed by atoms with van der Waals surface area (Å²) in [5.74, 6) is 1.26. The Bertz CT molecular complexity index is 681. The Balaban J connectivity index is 1.62. The van der Waals surface area contributed by atoms with Crippen LogP contribution in [0.3, 0.4) is 0 Å². The van der Waals surface area contributed by atoms with Crippen molar-refractivity contribution in [1.29, 1.82) is 0 Å². The minimum atomic E-state index is -0.1000. The molecule has 1 saturated heterocycles. The molecule has 0 radical (unpaired) electrons. The molecule has 23 heavy (non-hydrogen) atoms. The van der Waals surface area contributed by atoms with E-state index in [9.17, 15) is 4.79 Å².